The molecule has 4 unspecified atom stereocenters. The second-order valence-corrected chi connectivity index (χ2v) is 9.90. The Morgan fingerprint density at radius 3 is 2.48 bits per heavy atom. The summed E-state index contributed by atoms with van der Waals surface area (Å²) in [5.41, 5.74) is 1.20. The van der Waals surface area contributed by atoms with Crippen LogP contribution in [0.25, 0.3) is 0 Å². The second-order valence-electron chi connectivity index (χ2n) is 9.90. The van der Waals surface area contributed by atoms with Gasteiger partial charge in [0.1, 0.15) is 0 Å². The highest BCUT2D eigenvalue weighted by Crippen LogP contribution is 2.66. The smallest absolute Gasteiger partial charge is 0.0632 e. The van der Waals surface area contributed by atoms with Gasteiger partial charge in [0.2, 0.25) is 0 Å². The van der Waals surface area contributed by atoms with E-state index in [1.54, 1.807) is 0 Å². The summed E-state index contributed by atoms with van der Waals surface area (Å²) >= 11 is 0. The lowest BCUT2D eigenvalue weighted by atomic mass is 9.44. The van der Waals surface area contributed by atoms with Gasteiger partial charge in [-0.1, -0.05) is 19.0 Å². The van der Waals surface area contributed by atoms with Crippen molar-refractivity contribution in [2.45, 2.75) is 84.2 Å². The molecule has 0 aromatic heterocycles. The first-order chi connectivity index (χ1) is 10.8. The van der Waals surface area contributed by atoms with Crippen molar-refractivity contribution in [3.05, 3.63) is 0 Å². The summed E-state index contributed by atoms with van der Waals surface area (Å²) in [7, 11) is 0. The molecule has 4 aliphatic rings. The highest BCUT2D eigenvalue weighted by atomic mass is 16.4. The third-order valence-corrected chi connectivity index (χ3v) is 8.82. The molecule has 0 saturated heterocycles. The molecule has 4 aliphatic carbocycles. The number of fused-ring (bicyclic) bond motifs is 5. The number of hydrogen-bond acceptors (Lipinski definition) is 3. The van der Waals surface area contributed by atoms with Crippen molar-refractivity contribution < 1.29 is 10.3 Å². The van der Waals surface area contributed by atoms with Crippen molar-refractivity contribution in [3.8, 4) is 0 Å². The molecule has 0 bridgehead atoms. The first-order valence-corrected chi connectivity index (χ1v) is 9.74. The van der Waals surface area contributed by atoms with Gasteiger partial charge in [0.25, 0.3) is 0 Å². The Morgan fingerprint density at radius 1 is 0.957 bits per heavy atom. The van der Waals surface area contributed by atoms with Crippen LogP contribution in [0.3, 0.4) is 0 Å². The van der Waals surface area contributed by atoms with Crippen LogP contribution in [0.2, 0.25) is 0 Å². The largest absolute Gasteiger partial charge is 0.411 e. The molecule has 23 heavy (non-hydrogen) atoms. The zero-order valence-electron chi connectivity index (χ0n) is 15.0. The van der Waals surface area contributed by atoms with E-state index in [9.17, 15) is 10.3 Å². The summed E-state index contributed by atoms with van der Waals surface area (Å²) in [6.07, 6.45) is 10.4. The van der Waals surface area contributed by atoms with Crippen LogP contribution in [-0.2, 0) is 0 Å². The van der Waals surface area contributed by atoms with E-state index in [1.807, 2.05) is 6.92 Å². The molecule has 0 aromatic carbocycles. The molecule has 4 saturated carbocycles. The molecule has 3 heteroatoms. The molecule has 7 atom stereocenters. The van der Waals surface area contributed by atoms with E-state index in [-0.39, 0.29) is 5.41 Å². The minimum absolute atomic E-state index is 0.152. The number of hydrogen-bond donors (Lipinski definition) is 2. The molecule has 0 radical (unpaired) electrons. The van der Waals surface area contributed by atoms with Crippen LogP contribution < -0.4 is 0 Å². The third kappa shape index (κ3) is 2.14. The normalized spacial score (nSPS) is 57.7. The van der Waals surface area contributed by atoms with Gasteiger partial charge in [-0.2, -0.15) is 0 Å². The van der Waals surface area contributed by atoms with Crippen molar-refractivity contribution in [2.75, 3.05) is 0 Å². The van der Waals surface area contributed by atoms with Gasteiger partial charge in [0.05, 0.1) is 11.3 Å². The summed E-state index contributed by atoms with van der Waals surface area (Å²) in [5.74, 6) is 3.03. The van der Waals surface area contributed by atoms with Crippen LogP contribution in [0.15, 0.2) is 5.16 Å². The minimum atomic E-state index is -0.440. The number of nitrogens with zero attached hydrogens (tertiary/aromatic N) is 1. The summed E-state index contributed by atoms with van der Waals surface area (Å²) in [6.45, 7) is 6.93. The molecule has 4 fully saturated rings. The molecule has 0 spiro atoms. The Labute approximate surface area is 140 Å². The van der Waals surface area contributed by atoms with Crippen molar-refractivity contribution in [3.63, 3.8) is 0 Å². The summed E-state index contributed by atoms with van der Waals surface area (Å²) in [5, 5.41) is 23.6. The molecule has 4 rings (SSSR count). The number of aliphatic hydroxyl groups is 1. The average molecular weight is 319 g/mol. The van der Waals surface area contributed by atoms with Gasteiger partial charge < -0.3 is 10.3 Å². The van der Waals surface area contributed by atoms with E-state index in [0.29, 0.717) is 17.3 Å². The second kappa shape index (κ2) is 4.97. The predicted molar refractivity (Wildman–Crippen MR) is 91.6 cm³/mol. The topological polar surface area (TPSA) is 52.8 Å². The van der Waals surface area contributed by atoms with E-state index >= 15 is 0 Å². The van der Waals surface area contributed by atoms with Crippen molar-refractivity contribution in [2.24, 2.45) is 39.7 Å². The average Bonchev–Trinajstić information content (AvgIpc) is 2.84. The summed E-state index contributed by atoms with van der Waals surface area (Å²) < 4.78 is 0. The molecular weight excluding hydrogens is 286 g/mol. The maximum atomic E-state index is 10.5. The Balaban J connectivity index is 1.63. The molecule has 130 valence electrons. The zero-order chi connectivity index (χ0) is 16.5. The molecule has 0 heterocycles. The Morgan fingerprint density at radius 2 is 1.74 bits per heavy atom. The zero-order valence-corrected chi connectivity index (χ0v) is 15.0. The fourth-order valence-corrected chi connectivity index (χ4v) is 7.38. The van der Waals surface area contributed by atoms with E-state index in [2.05, 4.69) is 19.0 Å². The van der Waals surface area contributed by atoms with Gasteiger partial charge in [-0.05, 0) is 93.8 Å². The van der Waals surface area contributed by atoms with Crippen LogP contribution >= 0.6 is 0 Å². The lowest BCUT2D eigenvalue weighted by Crippen LogP contribution is -2.55. The van der Waals surface area contributed by atoms with Crippen LogP contribution in [0.1, 0.15) is 78.6 Å². The summed E-state index contributed by atoms with van der Waals surface area (Å²) in [6, 6.07) is 0. The lowest BCUT2D eigenvalue weighted by molar-refractivity contribution is -0.137. The van der Waals surface area contributed by atoms with Gasteiger partial charge in [-0.15, -0.1) is 0 Å². The van der Waals surface area contributed by atoms with E-state index < -0.39 is 5.60 Å². The highest BCUT2D eigenvalue weighted by molar-refractivity contribution is 5.91. The quantitative estimate of drug-likeness (QED) is 0.506. The number of oxime groups is 1. The van der Waals surface area contributed by atoms with Gasteiger partial charge in [0.15, 0.2) is 0 Å². The maximum absolute atomic E-state index is 10.5. The monoisotopic (exact) mass is 319 g/mol. The van der Waals surface area contributed by atoms with Crippen LogP contribution in [-0.4, -0.2) is 21.6 Å². The van der Waals surface area contributed by atoms with E-state index in [0.717, 1.165) is 36.8 Å². The minimum Gasteiger partial charge on any atom is -0.411 e. The Hall–Kier alpha value is -0.570. The summed E-state index contributed by atoms with van der Waals surface area (Å²) in [4.78, 5) is 0. The molecule has 0 aromatic rings. The SMILES string of the molecule is C[C@@]1(O)CC[C@@]2(C)C(CCC3C2CC[C@]2(C)/C(=N/O)CCC32)C1. The van der Waals surface area contributed by atoms with Crippen LogP contribution in [0, 0.1) is 34.5 Å². The molecular formula is C20H33NO2. The van der Waals surface area contributed by atoms with Gasteiger partial charge in [-0.25, -0.2) is 0 Å². The van der Waals surface area contributed by atoms with Gasteiger partial charge in [-0.3, -0.25) is 0 Å². The maximum Gasteiger partial charge on any atom is 0.0632 e. The molecule has 2 N–H and O–H groups in total. The van der Waals surface area contributed by atoms with Crippen molar-refractivity contribution in [1.29, 1.82) is 0 Å². The van der Waals surface area contributed by atoms with Crippen LogP contribution in [0.5, 0.6) is 0 Å². The molecule has 0 aliphatic heterocycles. The molecule has 3 nitrogen and oxygen atoms in total. The standard InChI is InChI=1S/C20H33NO2/c1-18(22)10-11-19(2)13(12-18)4-5-14-15-6-7-17(21-23)20(15,3)9-8-16(14)19/h13-16,22-23H,4-12H2,1-3H3/b21-17+/t13?,14?,15?,16?,18-,19+,20+/m1/s1. The predicted octanol–water partition coefficient (Wildman–Crippen LogP) is 4.61. The van der Waals surface area contributed by atoms with Crippen molar-refractivity contribution in [1.82, 2.24) is 0 Å². The van der Waals surface area contributed by atoms with Gasteiger partial charge in [0, 0.05) is 5.41 Å². The first kappa shape index (κ1) is 15.9. The first-order valence-electron chi connectivity index (χ1n) is 9.74. The fraction of sp³-hybridized carbons (Fsp3) is 0.950. The Bertz CT molecular complexity index is 528. The van der Waals surface area contributed by atoms with Crippen LogP contribution in [0.4, 0.5) is 0 Å². The van der Waals surface area contributed by atoms with Gasteiger partial charge >= 0.3 is 0 Å². The number of rotatable bonds is 0. The van der Waals surface area contributed by atoms with E-state index in [1.165, 1.54) is 38.5 Å². The highest BCUT2D eigenvalue weighted by Gasteiger charge is 2.60. The molecule has 0 amide bonds. The lowest BCUT2D eigenvalue weighted by Gasteiger charge is -2.61. The third-order valence-electron chi connectivity index (χ3n) is 8.82. The fourth-order valence-electron chi connectivity index (χ4n) is 7.38. The van der Waals surface area contributed by atoms with E-state index in [4.69, 9.17) is 0 Å². The Kier molecular flexibility index (Phi) is 3.44. The van der Waals surface area contributed by atoms with Crippen molar-refractivity contribution >= 4 is 5.71 Å².